The van der Waals surface area contributed by atoms with E-state index < -0.39 is 0 Å². The van der Waals surface area contributed by atoms with E-state index in [9.17, 15) is 4.79 Å². The third kappa shape index (κ3) is 3.02. The summed E-state index contributed by atoms with van der Waals surface area (Å²) in [6.07, 6.45) is 3.46. The molecule has 7 heteroatoms. The molecule has 3 heterocycles. The van der Waals surface area contributed by atoms with E-state index in [1.807, 2.05) is 49.4 Å². The molecule has 1 aromatic carbocycles. The van der Waals surface area contributed by atoms with Gasteiger partial charge < -0.3 is 9.73 Å². The van der Waals surface area contributed by atoms with Crippen molar-refractivity contribution in [3.05, 3.63) is 72.2 Å². The van der Waals surface area contributed by atoms with Crippen molar-refractivity contribution in [3.63, 3.8) is 0 Å². The Morgan fingerprint density at radius 1 is 1.08 bits per heavy atom. The molecule has 0 radical (unpaired) electrons. The predicted octanol–water partition coefficient (Wildman–Crippen LogP) is 3.43. The first kappa shape index (κ1) is 15.9. The van der Waals surface area contributed by atoms with Crippen molar-refractivity contribution in [2.75, 3.05) is 5.32 Å². The normalized spacial score (nSPS) is 10.8. The van der Waals surface area contributed by atoms with Crippen molar-refractivity contribution in [2.24, 2.45) is 7.05 Å². The van der Waals surface area contributed by atoms with Crippen LogP contribution in [0.1, 0.15) is 16.1 Å². The average Bonchev–Trinajstić information content (AvgIpc) is 3.35. The van der Waals surface area contributed by atoms with Gasteiger partial charge >= 0.3 is 0 Å². The van der Waals surface area contributed by atoms with E-state index in [4.69, 9.17) is 4.42 Å². The summed E-state index contributed by atoms with van der Waals surface area (Å²) in [6, 6.07) is 15.0. The predicted molar refractivity (Wildman–Crippen MR) is 97.2 cm³/mol. The Morgan fingerprint density at radius 2 is 1.88 bits per heavy atom. The number of aryl methyl sites for hydroxylation is 2. The smallest absolute Gasteiger partial charge is 0.260 e. The molecular formula is C19H17N5O2. The lowest BCUT2D eigenvalue weighted by atomic mass is 10.2. The van der Waals surface area contributed by atoms with Crippen molar-refractivity contribution in [2.45, 2.75) is 6.92 Å². The molecule has 1 N–H and O–H groups in total. The highest BCUT2D eigenvalue weighted by molar-refractivity contribution is 6.07. The highest BCUT2D eigenvalue weighted by Gasteiger charge is 2.21. The summed E-state index contributed by atoms with van der Waals surface area (Å²) in [6.45, 7) is 1.85. The number of nitrogens with zero attached hydrogens (tertiary/aromatic N) is 4. The number of furan rings is 1. The fourth-order valence-corrected chi connectivity index (χ4v) is 2.66. The zero-order chi connectivity index (χ0) is 18.1. The van der Waals surface area contributed by atoms with Crippen LogP contribution in [0.25, 0.3) is 17.1 Å². The maximum atomic E-state index is 12.8. The quantitative estimate of drug-likeness (QED) is 0.613. The molecule has 0 aliphatic heterocycles. The Balaban J connectivity index is 1.76. The average molecular weight is 347 g/mol. The number of carbonyl (C=O) groups excluding carboxylic acids is 1. The number of anilines is 1. The van der Waals surface area contributed by atoms with Gasteiger partial charge in [-0.2, -0.15) is 10.2 Å². The molecule has 26 heavy (non-hydrogen) atoms. The monoisotopic (exact) mass is 347 g/mol. The summed E-state index contributed by atoms with van der Waals surface area (Å²) in [7, 11) is 1.79. The Kier molecular flexibility index (Phi) is 3.89. The topological polar surface area (TPSA) is 77.9 Å². The van der Waals surface area contributed by atoms with Crippen molar-refractivity contribution < 1.29 is 9.21 Å². The SMILES string of the molecule is Cc1ccc(-c2nn(-c3ccccc3)cc2C(=O)Nc2ccn(C)n2)o1. The standard InChI is InChI=1S/C19H17N5O2/c1-13-8-9-16(26-13)18-15(19(25)20-17-10-11-23(2)21-17)12-24(22-18)14-6-4-3-5-7-14/h3-12H,1-2H3,(H,20,21,25). The summed E-state index contributed by atoms with van der Waals surface area (Å²) in [5.41, 5.74) is 1.75. The molecule has 1 amide bonds. The van der Waals surface area contributed by atoms with E-state index in [0.29, 0.717) is 22.8 Å². The number of hydrogen-bond donors (Lipinski definition) is 1. The summed E-state index contributed by atoms with van der Waals surface area (Å²) >= 11 is 0. The van der Waals surface area contributed by atoms with Crippen LogP contribution in [0.3, 0.4) is 0 Å². The molecule has 0 atom stereocenters. The first-order chi connectivity index (χ1) is 12.6. The Morgan fingerprint density at radius 3 is 2.54 bits per heavy atom. The molecule has 0 aliphatic rings. The molecule has 130 valence electrons. The molecule has 7 nitrogen and oxygen atoms in total. The van der Waals surface area contributed by atoms with Crippen LogP contribution in [0.2, 0.25) is 0 Å². The minimum Gasteiger partial charge on any atom is -0.460 e. The summed E-state index contributed by atoms with van der Waals surface area (Å²) < 4.78 is 8.98. The molecule has 0 fully saturated rings. The van der Waals surface area contributed by atoms with Crippen LogP contribution in [0.5, 0.6) is 0 Å². The number of rotatable bonds is 4. The lowest BCUT2D eigenvalue weighted by molar-refractivity contribution is 0.102. The zero-order valence-corrected chi connectivity index (χ0v) is 14.4. The zero-order valence-electron chi connectivity index (χ0n) is 14.4. The summed E-state index contributed by atoms with van der Waals surface area (Å²) in [4.78, 5) is 12.8. The first-order valence-corrected chi connectivity index (χ1v) is 8.13. The van der Waals surface area contributed by atoms with Crippen LogP contribution >= 0.6 is 0 Å². The van der Waals surface area contributed by atoms with Crippen LogP contribution in [0.15, 0.2) is 65.3 Å². The van der Waals surface area contributed by atoms with Gasteiger partial charge in [-0.1, -0.05) is 18.2 Å². The van der Waals surface area contributed by atoms with Gasteiger partial charge in [0.25, 0.3) is 5.91 Å². The Bertz CT molecular complexity index is 1060. The number of carbonyl (C=O) groups is 1. The third-order valence-corrected chi connectivity index (χ3v) is 3.91. The number of hydrogen-bond acceptors (Lipinski definition) is 4. The summed E-state index contributed by atoms with van der Waals surface area (Å²) in [5, 5.41) is 11.5. The highest BCUT2D eigenvalue weighted by Crippen LogP contribution is 2.26. The Hall–Kier alpha value is -3.61. The number of para-hydroxylation sites is 1. The van der Waals surface area contributed by atoms with Gasteiger partial charge in [-0.15, -0.1) is 0 Å². The van der Waals surface area contributed by atoms with Gasteiger partial charge in [0.15, 0.2) is 11.6 Å². The first-order valence-electron chi connectivity index (χ1n) is 8.13. The fraction of sp³-hybridized carbons (Fsp3) is 0.105. The van der Waals surface area contributed by atoms with Crippen molar-refractivity contribution in [1.82, 2.24) is 19.6 Å². The van der Waals surface area contributed by atoms with Gasteiger partial charge in [0, 0.05) is 25.5 Å². The number of benzene rings is 1. The largest absolute Gasteiger partial charge is 0.460 e. The molecule has 0 spiro atoms. The van der Waals surface area contributed by atoms with Crippen molar-refractivity contribution >= 4 is 11.7 Å². The van der Waals surface area contributed by atoms with Crippen molar-refractivity contribution in [3.8, 4) is 17.1 Å². The minimum absolute atomic E-state index is 0.296. The molecule has 0 unspecified atom stereocenters. The maximum Gasteiger partial charge on any atom is 0.260 e. The highest BCUT2D eigenvalue weighted by atomic mass is 16.3. The second kappa shape index (κ2) is 6.36. The number of nitrogens with one attached hydrogen (secondary N) is 1. The van der Waals surface area contributed by atoms with Crippen LogP contribution in [0.4, 0.5) is 5.82 Å². The molecule has 4 aromatic rings. The van der Waals surface area contributed by atoms with Gasteiger partial charge in [0.2, 0.25) is 0 Å². The van der Waals surface area contributed by atoms with Gasteiger partial charge in [-0.3, -0.25) is 9.48 Å². The van der Waals surface area contributed by atoms with Gasteiger partial charge in [0.05, 0.1) is 11.3 Å². The fourth-order valence-electron chi connectivity index (χ4n) is 2.66. The third-order valence-electron chi connectivity index (χ3n) is 3.91. The summed E-state index contributed by atoms with van der Waals surface area (Å²) in [5.74, 6) is 1.48. The van der Waals surface area contributed by atoms with E-state index in [1.54, 1.807) is 34.9 Å². The lowest BCUT2D eigenvalue weighted by Crippen LogP contribution is -2.13. The van der Waals surface area contributed by atoms with Crippen LogP contribution in [0, 0.1) is 6.92 Å². The molecule has 0 saturated heterocycles. The van der Waals surface area contributed by atoms with Gasteiger partial charge in [0.1, 0.15) is 11.5 Å². The molecule has 0 aliphatic carbocycles. The molecule has 0 bridgehead atoms. The number of amides is 1. The maximum absolute atomic E-state index is 12.8. The second-order valence-electron chi connectivity index (χ2n) is 5.91. The second-order valence-corrected chi connectivity index (χ2v) is 5.91. The minimum atomic E-state index is -0.296. The van der Waals surface area contributed by atoms with Crippen molar-refractivity contribution in [1.29, 1.82) is 0 Å². The van der Waals surface area contributed by atoms with E-state index in [0.717, 1.165) is 11.4 Å². The van der Waals surface area contributed by atoms with Crippen LogP contribution in [-0.4, -0.2) is 25.5 Å². The van der Waals surface area contributed by atoms with Crippen LogP contribution < -0.4 is 5.32 Å². The number of aromatic nitrogens is 4. The van der Waals surface area contributed by atoms with Crippen LogP contribution in [-0.2, 0) is 7.05 Å². The van der Waals surface area contributed by atoms with Gasteiger partial charge in [-0.25, -0.2) is 4.68 Å². The van der Waals surface area contributed by atoms with E-state index >= 15 is 0 Å². The van der Waals surface area contributed by atoms with E-state index in [2.05, 4.69) is 15.5 Å². The van der Waals surface area contributed by atoms with Gasteiger partial charge in [-0.05, 0) is 31.2 Å². The molecular weight excluding hydrogens is 330 g/mol. The molecule has 4 rings (SSSR count). The molecule has 0 saturated carbocycles. The Labute approximate surface area is 149 Å². The van der Waals surface area contributed by atoms with E-state index in [-0.39, 0.29) is 5.91 Å². The molecule has 3 aromatic heterocycles. The van der Waals surface area contributed by atoms with E-state index in [1.165, 1.54) is 0 Å². The lowest BCUT2D eigenvalue weighted by Gasteiger charge is -2.01.